The van der Waals surface area contributed by atoms with Crippen LogP contribution >= 0.6 is 0 Å². The third-order valence-electron chi connectivity index (χ3n) is 8.45. The lowest BCUT2D eigenvalue weighted by atomic mass is 9.78. The van der Waals surface area contributed by atoms with E-state index in [1.807, 2.05) is 24.3 Å². The second kappa shape index (κ2) is 8.09. The van der Waals surface area contributed by atoms with Gasteiger partial charge in [0, 0.05) is 0 Å². The zero-order chi connectivity index (χ0) is 24.5. The maximum atomic E-state index is 12.5. The van der Waals surface area contributed by atoms with Gasteiger partial charge in [0.2, 0.25) is 8.32 Å². The zero-order valence-corrected chi connectivity index (χ0v) is 22.0. The number of aromatic hydroxyl groups is 1. The van der Waals surface area contributed by atoms with Crippen molar-refractivity contribution in [2.75, 3.05) is 0 Å². The average Bonchev–Trinajstić information content (AvgIpc) is 3.69. The predicted molar refractivity (Wildman–Crippen MR) is 134 cm³/mol. The van der Waals surface area contributed by atoms with Crippen molar-refractivity contribution in [1.29, 1.82) is 0 Å². The Hall–Kier alpha value is -1.86. The highest BCUT2D eigenvalue weighted by Gasteiger charge is 2.57. The number of aliphatic hydroxyl groups is 2. The molecule has 1 heterocycles. The number of ether oxygens (including phenoxy) is 1. The Morgan fingerprint density at radius 3 is 2.29 bits per heavy atom. The van der Waals surface area contributed by atoms with Crippen molar-refractivity contribution in [3.05, 3.63) is 58.7 Å². The van der Waals surface area contributed by atoms with E-state index in [0.29, 0.717) is 17.0 Å². The summed E-state index contributed by atoms with van der Waals surface area (Å²) in [5.74, 6) is 1.44. The Balaban J connectivity index is 1.60. The van der Waals surface area contributed by atoms with Gasteiger partial charge in [0.05, 0.1) is 12.7 Å². The number of benzene rings is 2. The average molecular weight is 483 g/mol. The van der Waals surface area contributed by atoms with Gasteiger partial charge in [-0.15, -0.1) is 0 Å². The molecule has 0 aromatic heterocycles. The summed E-state index contributed by atoms with van der Waals surface area (Å²) in [4.78, 5) is 0. The first-order valence-corrected chi connectivity index (χ1v) is 15.5. The van der Waals surface area contributed by atoms with Gasteiger partial charge in [0.25, 0.3) is 0 Å². The molecule has 0 bridgehead atoms. The van der Waals surface area contributed by atoms with Crippen LogP contribution in [0.4, 0.5) is 0 Å². The molecule has 2 saturated carbocycles. The largest absolute Gasteiger partial charge is 0.543 e. The minimum atomic E-state index is -2.08. The smallest absolute Gasteiger partial charge is 0.250 e. The molecule has 2 aromatic rings. The molecular weight excluding hydrogens is 444 g/mol. The molecule has 0 spiro atoms. The maximum absolute atomic E-state index is 12.5. The number of aliphatic hydroxyl groups excluding tert-OH is 1. The van der Waals surface area contributed by atoms with Crippen LogP contribution in [0.25, 0.3) is 0 Å². The van der Waals surface area contributed by atoms with E-state index in [1.165, 1.54) is 0 Å². The van der Waals surface area contributed by atoms with E-state index in [2.05, 4.69) is 33.9 Å². The second-order valence-electron chi connectivity index (χ2n) is 12.0. The fraction of sp³-hybridized carbons (Fsp3) is 0.571. The standard InChI is InChI=1S/C28H38O5Si/c1-27(2,3)34(4,5)33-21-12-8-18(16-29)24(15-21)28(31,19-9-10-19)26-22-13-11-20(30)14-23(22)25(32-26)17-6-7-17/h8,11-15,17,19,25-26,29-31H,6-7,9-10,16H2,1-5H3. The van der Waals surface area contributed by atoms with Crippen molar-refractivity contribution >= 4 is 8.32 Å². The summed E-state index contributed by atoms with van der Waals surface area (Å²) in [5, 5.41) is 33.0. The summed E-state index contributed by atoms with van der Waals surface area (Å²) < 4.78 is 13.2. The van der Waals surface area contributed by atoms with Crippen LogP contribution < -0.4 is 4.43 Å². The Kier molecular flexibility index (Phi) is 5.67. The van der Waals surface area contributed by atoms with E-state index in [1.54, 1.807) is 12.1 Å². The summed E-state index contributed by atoms with van der Waals surface area (Å²) in [6.45, 7) is 10.9. The van der Waals surface area contributed by atoms with Crippen molar-refractivity contribution in [2.45, 2.75) is 89.0 Å². The Morgan fingerprint density at radius 1 is 1.00 bits per heavy atom. The molecule has 3 atom stereocenters. The number of fused-ring (bicyclic) bond motifs is 1. The van der Waals surface area contributed by atoms with Gasteiger partial charge >= 0.3 is 0 Å². The lowest BCUT2D eigenvalue weighted by Crippen LogP contribution is -2.44. The van der Waals surface area contributed by atoms with Crippen LogP contribution in [0.2, 0.25) is 18.1 Å². The highest BCUT2D eigenvalue weighted by atomic mass is 28.4. The quantitative estimate of drug-likeness (QED) is 0.416. The Labute approximate surface area is 203 Å². The third kappa shape index (κ3) is 3.98. The molecule has 2 aliphatic carbocycles. The van der Waals surface area contributed by atoms with Gasteiger partial charge in [-0.05, 0) is 102 Å². The molecule has 5 nitrogen and oxygen atoms in total. The first kappa shape index (κ1) is 23.9. The van der Waals surface area contributed by atoms with Crippen molar-refractivity contribution in [2.24, 2.45) is 11.8 Å². The van der Waals surface area contributed by atoms with E-state index in [9.17, 15) is 15.3 Å². The lowest BCUT2D eigenvalue weighted by molar-refractivity contribution is -0.146. The molecule has 0 saturated heterocycles. The number of hydrogen-bond acceptors (Lipinski definition) is 5. The Bertz CT molecular complexity index is 1080. The van der Waals surface area contributed by atoms with Gasteiger partial charge in [0.15, 0.2) is 0 Å². The molecule has 5 rings (SSSR count). The van der Waals surface area contributed by atoms with Crippen molar-refractivity contribution in [3.63, 3.8) is 0 Å². The molecule has 6 heteroatoms. The molecule has 3 aliphatic rings. The number of rotatable bonds is 7. The highest BCUT2D eigenvalue weighted by molar-refractivity contribution is 6.74. The summed E-state index contributed by atoms with van der Waals surface area (Å²) in [5.41, 5.74) is 2.07. The van der Waals surface area contributed by atoms with Gasteiger partial charge in [0.1, 0.15) is 23.2 Å². The van der Waals surface area contributed by atoms with Crippen molar-refractivity contribution < 1.29 is 24.5 Å². The van der Waals surface area contributed by atoms with E-state index < -0.39 is 20.0 Å². The van der Waals surface area contributed by atoms with Crippen LogP contribution in [0.5, 0.6) is 11.5 Å². The predicted octanol–water partition coefficient (Wildman–Crippen LogP) is 6.09. The van der Waals surface area contributed by atoms with Crippen LogP contribution in [0.3, 0.4) is 0 Å². The van der Waals surface area contributed by atoms with Gasteiger partial charge in [-0.2, -0.15) is 0 Å². The SMILES string of the molecule is CC(C)(C)[Si](C)(C)Oc1ccc(CO)c(C(O)(C2CC2)C2OC(C3CC3)c3cc(O)ccc32)c1. The molecule has 0 radical (unpaired) electrons. The first-order valence-electron chi connectivity index (χ1n) is 12.6. The summed E-state index contributed by atoms with van der Waals surface area (Å²) in [7, 11) is -2.08. The number of phenolic OH excluding ortho intramolecular Hbond substituents is 1. The third-order valence-corrected chi connectivity index (χ3v) is 12.8. The van der Waals surface area contributed by atoms with Gasteiger partial charge in [-0.1, -0.05) is 32.9 Å². The lowest BCUT2D eigenvalue weighted by Gasteiger charge is -2.39. The fourth-order valence-corrected chi connectivity index (χ4v) is 6.14. The number of hydrogen-bond donors (Lipinski definition) is 3. The second-order valence-corrected chi connectivity index (χ2v) is 16.8. The van der Waals surface area contributed by atoms with Gasteiger partial charge in [-0.3, -0.25) is 0 Å². The van der Waals surface area contributed by atoms with E-state index in [0.717, 1.165) is 42.6 Å². The zero-order valence-electron chi connectivity index (χ0n) is 21.0. The normalized spacial score (nSPS) is 24.6. The summed E-state index contributed by atoms with van der Waals surface area (Å²) >= 11 is 0. The topological polar surface area (TPSA) is 79.2 Å². The van der Waals surface area contributed by atoms with E-state index >= 15 is 0 Å². The maximum Gasteiger partial charge on any atom is 0.250 e. The van der Waals surface area contributed by atoms with Crippen LogP contribution in [-0.2, 0) is 16.9 Å². The fourth-order valence-electron chi connectivity index (χ4n) is 5.12. The molecule has 0 amide bonds. The van der Waals surface area contributed by atoms with Gasteiger partial charge < -0.3 is 24.5 Å². The molecule has 34 heavy (non-hydrogen) atoms. The molecule has 3 N–H and O–H groups in total. The number of phenols is 1. The summed E-state index contributed by atoms with van der Waals surface area (Å²) in [6.07, 6.45) is 3.38. The molecule has 184 valence electrons. The minimum absolute atomic E-state index is 0.0442. The van der Waals surface area contributed by atoms with Crippen molar-refractivity contribution in [3.8, 4) is 11.5 Å². The van der Waals surface area contributed by atoms with Crippen LogP contribution in [-0.4, -0.2) is 23.6 Å². The molecular formula is C28H38O5Si. The van der Waals surface area contributed by atoms with Crippen LogP contribution in [0, 0.1) is 11.8 Å². The molecule has 1 aliphatic heterocycles. The molecule has 2 fully saturated rings. The van der Waals surface area contributed by atoms with Gasteiger partial charge in [-0.25, -0.2) is 0 Å². The highest BCUT2D eigenvalue weighted by Crippen LogP contribution is 2.61. The van der Waals surface area contributed by atoms with E-state index in [4.69, 9.17) is 9.16 Å². The van der Waals surface area contributed by atoms with E-state index in [-0.39, 0.29) is 29.4 Å². The van der Waals surface area contributed by atoms with Crippen LogP contribution in [0.1, 0.15) is 80.9 Å². The monoisotopic (exact) mass is 482 g/mol. The molecule has 3 unspecified atom stereocenters. The minimum Gasteiger partial charge on any atom is -0.543 e. The first-order chi connectivity index (χ1) is 16.0. The molecule has 2 aromatic carbocycles. The summed E-state index contributed by atoms with van der Waals surface area (Å²) in [6, 6.07) is 11.1. The Morgan fingerprint density at radius 2 is 1.71 bits per heavy atom. The van der Waals surface area contributed by atoms with Crippen molar-refractivity contribution in [1.82, 2.24) is 0 Å². The van der Waals surface area contributed by atoms with Crippen LogP contribution in [0.15, 0.2) is 36.4 Å².